The molecular formula is C20H21N3O3. The first-order valence-corrected chi connectivity index (χ1v) is 8.55. The van der Waals surface area contributed by atoms with Crippen molar-refractivity contribution in [2.75, 3.05) is 0 Å². The van der Waals surface area contributed by atoms with Crippen LogP contribution in [0, 0.1) is 0 Å². The molecule has 3 amide bonds. The molecule has 2 atom stereocenters. The molecule has 4 N–H and O–H groups in total. The molecule has 0 unspecified atom stereocenters. The summed E-state index contributed by atoms with van der Waals surface area (Å²) < 4.78 is 0. The van der Waals surface area contributed by atoms with Gasteiger partial charge in [0.15, 0.2) is 0 Å². The quantitative estimate of drug-likeness (QED) is 0.725. The number of amides is 3. The van der Waals surface area contributed by atoms with E-state index in [1.807, 2.05) is 60.7 Å². The third-order valence-corrected chi connectivity index (χ3v) is 4.57. The first-order valence-electron chi connectivity index (χ1n) is 8.55. The minimum absolute atomic E-state index is 0.163. The van der Waals surface area contributed by atoms with Crippen LogP contribution in [0.3, 0.4) is 0 Å². The number of benzene rings is 2. The molecule has 6 nitrogen and oxygen atoms in total. The zero-order chi connectivity index (χ0) is 18.5. The highest BCUT2D eigenvalue weighted by atomic mass is 16.2. The zero-order valence-corrected chi connectivity index (χ0v) is 14.2. The third-order valence-electron chi connectivity index (χ3n) is 4.57. The number of rotatable bonds is 6. The number of carbonyl (C=O) groups is 3. The largest absolute Gasteiger partial charge is 0.368 e. The number of nitrogens with two attached hydrogens (primary N) is 1. The maximum absolute atomic E-state index is 12.5. The van der Waals surface area contributed by atoms with Gasteiger partial charge in [-0.15, -0.1) is 0 Å². The van der Waals surface area contributed by atoms with E-state index in [1.165, 1.54) is 0 Å². The lowest BCUT2D eigenvalue weighted by atomic mass is 9.84. The van der Waals surface area contributed by atoms with E-state index in [0.29, 0.717) is 12.8 Å². The maximum atomic E-state index is 12.5. The molecule has 26 heavy (non-hydrogen) atoms. The van der Waals surface area contributed by atoms with Crippen molar-refractivity contribution in [2.45, 2.75) is 30.8 Å². The second-order valence-corrected chi connectivity index (χ2v) is 6.35. The molecule has 2 aromatic carbocycles. The molecule has 0 radical (unpaired) electrons. The number of hydrogen-bond donors (Lipinski definition) is 3. The minimum Gasteiger partial charge on any atom is -0.368 e. The van der Waals surface area contributed by atoms with Crippen molar-refractivity contribution in [1.29, 1.82) is 0 Å². The van der Waals surface area contributed by atoms with Crippen LogP contribution in [-0.2, 0) is 14.4 Å². The highest BCUT2D eigenvalue weighted by Crippen LogP contribution is 2.28. The van der Waals surface area contributed by atoms with Gasteiger partial charge in [0.25, 0.3) is 0 Å². The summed E-state index contributed by atoms with van der Waals surface area (Å²) >= 11 is 0. The summed E-state index contributed by atoms with van der Waals surface area (Å²) in [7, 11) is 0. The molecule has 1 aliphatic heterocycles. The molecule has 3 rings (SSSR count). The van der Waals surface area contributed by atoms with E-state index >= 15 is 0 Å². The number of nitrogens with one attached hydrogen (secondary N) is 2. The molecule has 0 aliphatic carbocycles. The van der Waals surface area contributed by atoms with Crippen molar-refractivity contribution in [2.24, 2.45) is 5.73 Å². The summed E-state index contributed by atoms with van der Waals surface area (Å²) in [6.45, 7) is 0. The standard InChI is InChI=1S/C20H21N3O3/c21-19(25)18(23-20(26)15-11-12-16(24)22-15)17(13-7-3-1-4-8-13)14-9-5-2-6-10-14/h1-10,15,17-18H,11-12H2,(H2,21,25)(H,22,24)(H,23,26)/t15-,18-/m1/s1. The second-order valence-electron chi connectivity index (χ2n) is 6.35. The van der Waals surface area contributed by atoms with E-state index in [1.54, 1.807) is 0 Å². The van der Waals surface area contributed by atoms with E-state index in [4.69, 9.17) is 5.73 Å². The van der Waals surface area contributed by atoms with Crippen LogP contribution in [0.25, 0.3) is 0 Å². The van der Waals surface area contributed by atoms with Crippen LogP contribution in [0.5, 0.6) is 0 Å². The van der Waals surface area contributed by atoms with Crippen LogP contribution in [0.1, 0.15) is 29.9 Å². The highest BCUT2D eigenvalue weighted by Gasteiger charge is 2.34. The van der Waals surface area contributed by atoms with E-state index in [0.717, 1.165) is 11.1 Å². The van der Waals surface area contributed by atoms with E-state index < -0.39 is 29.8 Å². The average molecular weight is 351 g/mol. The van der Waals surface area contributed by atoms with Crippen LogP contribution >= 0.6 is 0 Å². The van der Waals surface area contributed by atoms with E-state index in [-0.39, 0.29) is 5.91 Å². The first-order chi connectivity index (χ1) is 12.6. The summed E-state index contributed by atoms with van der Waals surface area (Å²) in [6.07, 6.45) is 0.720. The maximum Gasteiger partial charge on any atom is 0.243 e. The fraction of sp³-hybridized carbons (Fsp3) is 0.250. The summed E-state index contributed by atoms with van der Waals surface area (Å²) in [4.78, 5) is 36.1. The summed E-state index contributed by atoms with van der Waals surface area (Å²) in [5.41, 5.74) is 7.39. The molecule has 0 bridgehead atoms. The Morgan fingerprint density at radius 2 is 1.54 bits per heavy atom. The van der Waals surface area contributed by atoms with Crippen molar-refractivity contribution in [3.05, 3.63) is 71.8 Å². The van der Waals surface area contributed by atoms with Gasteiger partial charge in [0.1, 0.15) is 12.1 Å². The average Bonchev–Trinajstić information content (AvgIpc) is 3.09. The predicted molar refractivity (Wildman–Crippen MR) is 97.0 cm³/mol. The number of primary amides is 1. The second kappa shape index (κ2) is 7.82. The van der Waals surface area contributed by atoms with Gasteiger partial charge >= 0.3 is 0 Å². The van der Waals surface area contributed by atoms with Crippen LogP contribution in [0.2, 0.25) is 0 Å². The Bertz CT molecular complexity index is 753. The topological polar surface area (TPSA) is 101 Å². The number of hydrogen-bond acceptors (Lipinski definition) is 3. The number of carbonyl (C=O) groups excluding carboxylic acids is 3. The molecule has 0 aromatic heterocycles. The zero-order valence-electron chi connectivity index (χ0n) is 14.2. The predicted octanol–water partition coefficient (Wildman–Crippen LogP) is 1.07. The Morgan fingerprint density at radius 1 is 1.00 bits per heavy atom. The van der Waals surface area contributed by atoms with Crippen LogP contribution in [0.4, 0.5) is 0 Å². The Kier molecular flexibility index (Phi) is 5.31. The molecule has 0 saturated carbocycles. The van der Waals surface area contributed by atoms with Crippen LogP contribution in [0.15, 0.2) is 60.7 Å². The van der Waals surface area contributed by atoms with Gasteiger partial charge in [0.05, 0.1) is 0 Å². The summed E-state index contributed by atoms with van der Waals surface area (Å²) in [6, 6.07) is 17.3. The molecule has 134 valence electrons. The monoisotopic (exact) mass is 351 g/mol. The van der Waals surface area contributed by atoms with Gasteiger partial charge in [-0.25, -0.2) is 0 Å². The fourth-order valence-corrected chi connectivity index (χ4v) is 3.28. The molecular weight excluding hydrogens is 330 g/mol. The van der Waals surface area contributed by atoms with E-state index in [9.17, 15) is 14.4 Å². The van der Waals surface area contributed by atoms with Gasteiger partial charge in [-0.3, -0.25) is 14.4 Å². The first kappa shape index (κ1) is 17.7. The molecule has 6 heteroatoms. The molecule has 2 aromatic rings. The van der Waals surface area contributed by atoms with Crippen molar-refractivity contribution in [3.8, 4) is 0 Å². The minimum atomic E-state index is -0.926. The molecule has 0 spiro atoms. The van der Waals surface area contributed by atoms with Gasteiger partial charge in [0.2, 0.25) is 17.7 Å². The van der Waals surface area contributed by atoms with E-state index in [2.05, 4.69) is 10.6 Å². The highest BCUT2D eigenvalue weighted by molar-refractivity contribution is 5.94. The summed E-state index contributed by atoms with van der Waals surface area (Å²) in [5, 5.41) is 5.36. The fourth-order valence-electron chi connectivity index (χ4n) is 3.28. The van der Waals surface area contributed by atoms with Crippen molar-refractivity contribution in [3.63, 3.8) is 0 Å². The van der Waals surface area contributed by atoms with Crippen LogP contribution in [-0.4, -0.2) is 29.8 Å². The Hall–Kier alpha value is -3.15. The SMILES string of the molecule is NC(=O)[C@H](NC(=O)[C@H]1CCC(=O)N1)C(c1ccccc1)c1ccccc1. The van der Waals surface area contributed by atoms with Crippen molar-refractivity contribution in [1.82, 2.24) is 10.6 Å². The van der Waals surface area contributed by atoms with Gasteiger partial charge in [0, 0.05) is 12.3 Å². The Morgan fingerprint density at radius 3 is 1.96 bits per heavy atom. The normalized spacial score (nSPS) is 17.6. The van der Waals surface area contributed by atoms with Gasteiger partial charge in [-0.05, 0) is 17.5 Å². The van der Waals surface area contributed by atoms with Crippen LogP contribution < -0.4 is 16.4 Å². The third kappa shape index (κ3) is 3.91. The van der Waals surface area contributed by atoms with Gasteiger partial charge in [-0.1, -0.05) is 60.7 Å². The smallest absolute Gasteiger partial charge is 0.243 e. The van der Waals surface area contributed by atoms with Crippen molar-refractivity contribution >= 4 is 17.7 Å². The van der Waals surface area contributed by atoms with Crippen molar-refractivity contribution < 1.29 is 14.4 Å². The molecule has 1 fully saturated rings. The summed E-state index contributed by atoms with van der Waals surface area (Å²) in [5.74, 6) is -1.60. The Balaban J connectivity index is 1.92. The van der Waals surface area contributed by atoms with Gasteiger partial charge in [-0.2, -0.15) is 0 Å². The molecule has 1 saturated heterocycles. The molecule has 1 aliphatic rings. The lowest BCUT2D eigenvalue weighted by Gasteiger charge is -2.27. The Labute approximate surface area is 151 Å². The lowest BCUT2D eigenvalue weighted by molar-refractivity contribution is -0.129. The lowest BCUT2D eigenvalue weighted by Crippen LogP contribution is -2.53. The van der Waals surface area contributed by atoms with Gasteiger partial charge < -0.3 is 16.4 Å². The molecule has 1 heterocycles.